The number of alkyl halides is 1. The third-order valence-electron chi connectivity index (χ3n) is 1.98. The average Bonchev–Trinajstić information content (AvgIpc) is 2.29. The molecule has 1 aromatic rings. The summed E-state index contributed by atoms with van der Waals surface area (Å²) >= 11 is 7.20. The summed E-state index contributed by atoms with van der Waals surface area (Å²) in [5, 5.41) is 0.869. The molecule has 0 aliphatic rings. The van der Waals surface area contributed by atoms with Crippen molar-refractivity contribution in [1.29, 1.82) is 0 Å². The van der Waals surface area contributed by atoms with Crippen LogP contribution in [-0.2, 0) is 4.74 Å². The molecule has 0 saturated heterocycles. The number of carbonyl (C=O) groups excluding carboxylic acids is 1. The number of nitrogens with zero attached hydrogens (tertiary/aromatic N) is 2. The van der Waals surface area contributed by atoms with E-state index >= 15 is 0 Å². The summed E-state index contributed by atoms with van der Waals surface area (Å²) in [5.41, 5.74) is 1.04. The number of esters is 1. The van der Waals surface area contributed by atoms with Crippen molar-refractivity contribution in [2.24, 2.45) is 0 Å². The lowest BCUT2D eigenvalue weighted by Gasteiger charge is -2.08. The van der Waals surface area contributed by atoms with Gasteiger partial charge in [0.25, 0.3) is 0 Å². The zero-order chi connectivity index (χ0) is 12.8. The lowest BCUT2D eigenvalue weighted by molar-refractivity contribution is 0.0524. The number of ether oxygens (including phenoxy) is 1. The van der Waals surface area contributed by atoms with Crippen molar-refractivity contribution in [2.75, 3.05) is 12.5 Å². The highest BCUT2D eigenvalue weighted by atomic mass is 35.5. The predicted molar refractivity (Wildman–Crippen MR) is 68.8 cm³/mol. The zero-order valence-electron chi connectivity index (χ0n) is 10.1. The van der Waals surface area contributed by atoms with Gasteiger partial charge in [0.15, 0.2) is 5.16 Å². The van der Waals surface area contributed by atoms with E-state index in [1.165, 1.54) is 18.0 Å². The number of carbonyl (C=O) groups is 1. The van der Waals surface area contributed by atoms with Crippen LogP contribution in [0.25, 0.3) is 0 Å². The van der Waals surface area contributed by atoms with E-state index in [4.69, 9.17) is 16.3 Å². The van der Waals surface area contributed by atoms with Gasteiger partial charge in [-0.05, 0) is 13.8 Å². The van der Waals surface area contributed by atoms with Crippen LogP contribution in [0.15, 0.2) is 11.4 Å². The smallest absolute Gasteiger partial charge is 0.341 e. The molecule has 0 amide bonds. The van der Waals surface area contributed by atoms with Crippen LogP contribution in [0.2, 0.25) is 0 Å². The van der Waals surface area contributed by atoms with Gasteiger partial charge in [0.1, 0.15) is 0 Å². The van der Waals surface area contributed by atoms with Crippen LogP contribution in [0.5, 0.6) is 0 Å². The molecule has 0 spiro atoms. The van der Waals surface area contributed by atoms with Crippen molar-refractivity contribution in [2.45, 2.75) is 31.2 Å². The number of hydrogen-bond acceptors (Lipinski definition) is 5. The zero-order valence-corrected chi connectivity index (χ0v) is 11.6. The van der Waals surface area contributed by atoms with Crippen molar-refractivity contribution in [3.63, 3.8) is 0 Å². The Bertz CT molecular complexity index is 401. The molecular formula is C11H15ClN2O2S. The van der Waals surface area contributed by atoms with Gasteiger partial charge in [-0.2, -0.15) is 0 Å². The minimum Gasteiger partial charge on any atom is -0.462 e. The maximum absolute atomic E-state index is 11.5. The summed E-state index contributed by atoms with van der Waals surface area (Å²) < 4.78 is 4.90. The number of hydrogen-bond donors (Lipinski definition) is 0. The van der Waals surface area contributed by atoms with Crippen LogP contribution in [0.3, 0.4) is 0 Å². The highest BCUT2D eigenvalue weighted by Gasteiger charge is 2.13. The van der Waals surface area contributed by atoms with Crippen molar-refractivity contribution >= 4 is 29.3 Å². The van der Waals surface area contributed by atoms with E-state index in [1.54, 1.807) is 13.8 Å². The quantitative estimate of drug-likeness (QED) is 0.358. The van der Waals surface area contributed by atoms with Gasteiger partial charge in [0.2, 0.25) is 0 Å². The lowest BCUT2D eigenvalue weighted by atomic mass is 10.2. The molecule has 17 heavy (non-hydrogen) atoms. The minimum absolute atomic E-state index is 0.240. The Kier molecular flexibility index (Phi) is 5.71. The Labute approximate surface area is 110 Å². The highest BCUT2D eigenvalue weighted by molar-refractivity contribution is 7.99. The van der Waals surface area contributed by atoms with Gasteiger partial charge in [0.05, 0.1) is 17.9 Å². The largest absolute Gasteiger partial charge is 0.462 e. The highest BCUT2D eigenvalue weighted by Crippen LogP contribution is 2.21. The van der Waals surface area contributed by atoms with Crippen LogP contribution >= 0.6 is 23.4 Å². The third kappa shape index (κ3) is 4.16. The average molecular weight is 275 g/mol. The minimum atomic E-state index is -0.382. The van der Waals surface area contributed by atoms with Gasteiger partial charge in [0, 0.05) is 17.3 Å². The Balaban J connectivity index is 2.82. The summed E-state index contributed by atoms with van der Waals surface area (Å²) in [6.45, 7) is 5.87. The second kappa shape index (κ2) is 6.81. The summed E-state index contributed by atoms with van der Waals surface area (Å²) in [5.74, 6) is 0.152. The molecule has 0 bridgehead atoms. The van der Waals surface area contributed by atoms with Crippen LogP contribution in [0.1, 0.15) is 29.9 Å². The van der Waals surface area contributed by atoms with Gasteiger partial charge < -0.3 is 4.74 Å². The summed E-state index contributed by atoms with van der Waals surface area (Å²) in [7, 11) is 0. The summed E-state index contributed by atoms with van der Waals surface area (Å²) in [4.78, 5) is 19.9. The Hall–Kier alpha value is -0.810. The maximum atomic E-state index is 11.5. The first-order valence-corrected chi connectivity index (χ1v) is 6.73. The van der Waals surface area contributed by atoms with Gasteiger partial charge in [-0.1, -0.05) is 18.7 Å². The monoisotopic (exact) mass is 274 g/mol. The third-order valence-corrected chi connectivity index (χ3v) is 3.60. The van der Waals surface area contributed by atoms with Crippen molar-refractivity contribution in [3.8, 4) is 0 Å². The van der Waals surface area contributed by atoms with Gasteiger partial charge in [-0.3, -0.25) is 0 Å². The van der Waals surface area contributed by atoms with Crippen LogP contribution < -0.4 is 0 Å². The molecular weight excluding hydrogens is 260 g/mol. The number of thioether (sulfide) groups is 1. The van der Waals surface area contributed by atoms with Crippen molar-refractivity contribution in [3.05, 3.63) is 17.5 Å². The molecule has 6 heteroatoms. The number of aromatic nitrogens is 2. The molecule has 0 fully saturated rings. The number of rotatable bonds is 5. The maximum Gasteiger partial charge on any atom is 0.341 e. The molecule has 1 unspecified atom stereocenters. The molecule has 0 aliphatic carbocycles. The summed E-state index contributed by atoms with van der Waals surface area (Å²) in [6.07, 6.45) is 1.50. The SMILES string of the molecule is CCOC(=O)c1cnc(SC(C)CCl)nc1C. The van der Waals surface area contributed by atoms with E-state index in [2.05, 4.69) is 9.97 Å². The molecule has 4 nitrogen and oxygen atoms in total. The number of halogens is 1. The van der Waals surface area contributed by atoms with Crippen molar-refractivity contribution in [1.82, 2.24) is 9.97 Å². The number of aryl methyl sites for hydroxylation is 1. The van der Waals surface area contributed by atoms with E-state index in [0.29, 0.717) is 28.9 Å². The molecule has 0 saturated carbocycles. The molecule has 0 N–H and O–H groups in total. The van der Waals surface area contributed by atoms with Crippen molar-refractivity contribution < 1.29 is 9.53 Å². The molecule has 1 atom stereocenters. The van der Waals surface area contributed by atoms with Crippen LogP contribution in [0, 0.1) is 6.92 Å². The summed E-state index contributed by atoms with van der Waals surface area (Å²) in [6, 6.07) is 0. The predicted octanol–water partition coefficient (Wildman–Crippen LogP) is 2.68. The fourth-order valence-corrected chi connectivity index (χ4v) is 2.04. The first-order valence-electron chi connectivity index (χ1n) is 5.31. The Morgan fingerprint density at radius 3 is 2.88 bits per heavy atom. The first kappa shape index (κ1) is 14.3. The molecule has 94 valence electrons. The van der Waals surface area contributed by atoms with E-state index in [0.717, 1.165) is 0 Å². The van der Waals surface area contributed by atoms with E-state index in [1.807, 2.05) is 6.92 Å². The Morgan fingerprint density at radius 2 is 2.35 bits per heavy atom. The second-order valence-corrected chi connectivity index (χ2v) is 5.17. The Morgan fingerprint density at radius 1 is 1.65 bits per heavy atom. The van der Waals surface area contributed by atoms with E-state index in [-0.39, 0.29) is 11.2 Å². The normalized spacial score (nSPS) is 12.2. The molecule has 1 heterocycles. The van der Waals surface area contributed by atoms with Gasteiger partial charge in [-0.15, -0.1) is 11.6 Å². The molecule has 0 aliphatic heterocycles. The van der Waals surface area contributed by atoms with Gasteiger partial charge in [-0.25, -0.2) is 14.8 Å². The first-order chi connectivity index (χ1) is 8.08. The molecule has 1 aromatic heterocycles. The van der Waals surface area contributed by atoms with Crippen LogP contribution in [-0.4, -0.2) is 33.7 Å². The topological polar surface area (TPSA) is 52.1 Å². The molecule has 0 radical (unpaired) electrons. The fourth-order valence-electron chi connectivity index (χ4n) is 1.12. The van der Waals surface area contributed by atoms with E-state index in [9.17, 15) is 4.79 Å². The molecule has 0 aromatic carbocycles. The van der Waals surface area contributed by atoms with Gasteiger partial charge >= 0.3 is 5.97 Å². The fraction of sp³-hybridized carbons (Fsp3) is 0.545. The molecule has 1 rings (SSSR count). The van der Waals surface area contributed by atoms with E-state index < -0.39 is 0 Å². The van der Waals surface area contributed by atoms with Crippen LogP contribution in [0.4, 0.5) is 0 Å². The standard InChI is InChI=1S/C11H15ClN2O2S/c1-4-16-10(15)9-6-13-11(14-8(9)3)17-7(2)5-12/h6-7H,4-5H2,1-3H3. The lowest BCUT2D eigenvalue weighted by Crippen LogP contribution is -2.10. The second-order valence-electron chi connectivity index (χ2n) is 3.45.